The van der Waals surface area contributed by atoms with Crippen molar-refractivity contribution in [1.29, 1.82) is 0 Å². The van der Waals surface area contributed by atoms with Gasteiger partial charge in [0.1, 0.15) is 12.3 Å². The highest BCUT2D eigenvalue weighted by Gasteiger charge is 2.25. The van der Waals surface area contributed by atoms with Gasteiger partial charge in [0.05, 0.1) is 13.5 Å². The number of nitrogens with zero attached hydrogens (tertiary/aromatic N) is 2. The van der Waals surface area contributed by atoms with Crippen LogP contribution in [0.4, 0.5) is 5.69 Å². The Kier molecular flexibility index (Phi) is 5.33. The first kappa shape index (κ1) is 17.0. The van der Waals surface area contributed by atoms with Crippen LogP contribution in [-0.4, -0.2) is 43.5 Å². The number of para-hydroxylation sites is 1. The fourth-order valence-electron chi connectivity index (χ4n) is 3.00. The molecule has 1 aliphatic rings. The molecule has 0 aromatic heterocycles. The van der Waals surface area contributed by atoms with Crippen LogP contribution >= 0.6 is 0 Å². The first-order chi connectivity index (χ1) is 12.2. The van der Waals surface area contributed by atoms with Crippen molar-refractivity contribution in [3.8, 4) is 5.75 Å². The molecule has 0 saturated carbocycles. The van der Waals surface area contributed by atoms with Gasteiger partial charge in [0.15, 0.2) is 0 Å². The highest BCUT2D eigenvalue weighted by Crippen LogP contribution is 2.18. The molecule has 1 fully saturated rings. The zero-order chi connectivity index (χ0) is 17.6. The van der Waals surface area contributed by atoms with Crippen LogP contribution in [-0.2, 0) is 16.0 Å². The van der Waals surface area contributed by atoms with Crippen LogP contribution in [0.5, 0.6) is 5.75 Å². The fourth-order valence-corrected chi connectivity index (χ4v) is 3.00. The predicted molar refractivity (Wildman–Crippen MR) is 96.7 cm³/mol. The van der Waals surface area contributed by atoms with Crippen molar-refractivity contribution < 1.29 is 14.3 Å². The topological polar surface area (TPSA) is 49.9 Å². The molecular formula is C20H22N2O3. The van der Waals surface area contributed by atoms with Gasteiger partial charge in [0, 0.05) is 18.8 Å². The summed E-state index contributed by atoms with van der Waals surface area (Å²) in [5.74, 6) is 0.708. The number of hydrogen-bond donors (Lipinski definition) is 0. The van der Waals surface area contributed by atoms with Crippen molar-refractivity contribution in [2.75, 3.05) is 31.6 Å². The van der Waals surface area contributed by atoms with Gasteiger partial charge >= 0.3 is 0 Å². The molecule has 130 valence electrons. The van der Waals surface area contributed by atoms with Crippen molar-refractivity contribution in [2.24, 2.45) is 0 Å². The monoisotopic (exact) mass is 338 g/mol. The maximum atomic E-state index is 12.6. The van der Waals surface area contributed by atoms with Crippen LogP contribution in [0.25, 0.3) is 0 Å². The third-order valence-electron chi connectivity index (χ3n) is 4.37. The largest absolute Gasteiger partial charge is 0.497 e. The first-order valence-electron chi connectivity index (χ1n) is 8.43. The Morgan fingerprint density at radius 3 is 2.44 bits per heavy atom. The number of rotatable bonds is 4. The Bertz CT molecular complexity index is 728. The molecule has 5 heteroatoms. The first-order valence-corrected chi connectivity index (χ1v) is 8.43. The van der Waals surface area contributed by atoms with Crippen LogP contribution in [0.2, 0.25) is 0 Å². The summed E-state index contributed by atoms with van der Waals surface area (Å²) in [5, 5.41) is 0. The Morgan fingerprint density at radius 2 is 1.76 bits per heavy atom. The lowest BCUT2D eigenvalue weighted by atomic mass is 10.1. The molecule has 1 saturated heterocycles. The second kappa shape index (κ2) is 7.83. The number of methoxy groups -OCH3 is 1. The molecule has 0 unspecified atom stereocenters. The fraction of sp³-hybridized carbons (Fsp3) is 0.300. The summed E-state index contributed by atoms with van der Waals surface area (Å²) in [4.78, 5) is 28.6. The Hall–Kier alpha value is -2.82. The summed E-state index contributed by atoms with van der Waals surface area (Å²) in [6.07, 6.45) is 1.07. The number of anilines is 1. The van der Waals surface area contributed by atoms with Crippen LogP contribution in [0.1, 0.15) is 12.0 Å². The second-order valence-electron chi connectivity index (χ2n) is 6.07. The number of benzene rings is 2. The molecule has 0 spiro atoms. The second-order valence-corrected chi connectivity index (χ2v) is 6.07. The van der Waals surface area contributed by atoms with Crippen LogP contribution in [0.15, 0.2) is 54.6 Å². The third-order valence-corrected chi connectivity index (χ3v) is 4.37. The van der Waals surface area contributed by atoms with E-state index in [1.807, 2.05) is 54.6 Å². The molecule has 0 N–H and O–H groups in total. The van der Waals surface area contributed by atoms with Gasteiger partial charge < -0.3 is 14.5 Å². The van der Waals surface area contributed by atoms with E-state index in [1.54, 1.807) is 16.9 Å². The molecule has 2 amide bonds. The van der Waals surface area contributed by atoms with Crippen LogP contribution < -0.4 is 9.64 Å². The van der Waals surface area contributed by atoms with Gasteiger partial charge in [-0.15, -0.1) is 0 Å². The molecule has 1 aliphatic heterocycles. The van der Waals surface area contributed by atoms with Gasteiger partial charge in [-0.05, 0) is 36.2 Å². The third kappa shape index (κ3) is 4.18. The summed E-state index contributed by atoms with van der Waals surface area (Å²) in [6.45, 7) is 1.36. The zero-order valence-corrected chi connectivity index (χ0v) is 14.4. The Morgan fingerprint density at radius 1 is 1.04 bits per heavy atom. The average molecular weight is 338 g/mol. The molecule has 1 heterocycles. The zero-order valence-electron chi connectivity index (χ0n) is 14.4. The summed E-state index contributed by atoms with van der Waals surface area (Å²) in [5.41, 5.74) is 1.80. The molecule has 0 aliphatic carbocycles. The van der Waals surface area contributed by atoms with E-state index < -0.39 is 0 Å². The molecule has 3 rings (SSSR count). The van der Waals surface area contributed by atoms with Crippen LogP contribution in [0, 0.1) is 0 Å². The van der Waals surface area contributed by atoms with E-state index in [0.29, 0.717) is 19.5 Å². The molecule has 5 nitrogen and oxygen atoms in total. The van der Waals surface area contributed by atoms with Crippen molar-refractivity contribution in [2.45, 2.75) is 12.8 Å². The number of hydrogen-bond acceptors (Lipinski definition) is 3. The van der Waals surface area contributed by atoms with Gasteiger partial charge in [-0.1, -0.05) is 30.3 Å². The van der Waals surface area contributed by atoms with Crippen molar-refractivity contribution in [3.05, 3.63) is 60.2 Å². The van der Waals surface area contributed by atoms with E-state index in [9.17, 15) is 9.59 Å². The SMILES string of the molecule is COc1ccc(CC(=O)N2CCCN(c3ccccc3)C(=O)C2)cc1. The number of ether oxygens (including phenoxy) is 1. The molecule has 25 heavy (non-hydrogen) atoms. The summed E-state index contributed by atoms with van der Waals surface area (Å²) in [6, 6.07) is 17.1. The Balaban J connectivity index is 1.65. The van der Waals surface area contributed by atoms with Gasteiger partial charge in [0.25, 0.3) is 0 Å². The summed E-state index contributed by atoms with van der Waals surface area (Å²) >= 11 is 0. The lowest BCUT2D eigenvalue weighted by Gasteiger charge is -2.22. The summed E-state index contributed by atoms with van der Waals surface area (Å²) < 4.78 is 5.13. The van der Waals surface area contributed by atoms with Crippen molar-refractivity contribution >= 4 is 17.5 Å². The Labute approximate surface area is 147 Å². The predicted octanol–water partition coefficient (Wildman–Crippen LogP) is 2.50. The standard InChI is InChI=1S/C20H22N2O3/c1-25-18-10-8-16(9-11-18)14-19(23)21-12-5-13-22(20(24)15-21)17-6-3-2-4-7-17/h2-4,6-11H,5,12-15H2,1H3. The highest BCUT2D eigenvalue weighted by molar-refractivity contribution is 5.97. The minimum atomic E-state index is -0.0354. The lowest BCUT2D eigenvalue weighted by Crippen LogP contribution is -2.40. The van der Waals surface area contributed by atoms with Crippen molar-refractivity contribution in [1.82, 2.24) is 4.90 Å². The van der Waals surface area contributed by atoms with Gasteiger partial charge in [-0.2, -0.15) is 0 Å². The summed E-state index contributed by atoms with van der Waals surface area (Å²) in [7, 11) is 1.61. The van der Waals surface area contributed by atoms with Crippen LogP contribution in [0.3, 0.4) is 0 Å². The van der Waals surface area contributed by atoms with Crippen molar-refractivity contribution in [3.63, 3.8) is 0 Å². The maximum Gasteiger partial charge on any atom is 0.246 e. The minimum Gasteiger partial charge on any atom is -0.497 e. The highest BCUT2D eigenvalue weighted by atomic mass is 16.5. The lowest BCUT2D eigenvalue weighted by molar-refractivity contribution is -0.134. The maximum absolute atomic E-state index is 12.6. The van der Waals surface area contributed by atoms with Gasteiger partial charge in [0.2, 0.25) is 11.8 Å². The smallest absolute Gasteiger partial charge is 0.246 e. The normalized spacial score (nSPS) is 15.0. The number of carbonyl (C=O) groups is 2. The molecule has 2 aromatic carbocycles. The van der Waals surface area contributed by atoms with E-state index in [4.69, 9.17) is 4.74 Å². The number of carbonyl (C=O) groups excluding carboxylic acids is 2. The van der Waals surface area contributed by atoms with E-state index in [0.717, 1.165) is 23.4 Å². The van der Waals surface area contributed by atoms with E-state index in [-0.39, 0.29) is 18.4 Å². The quantitative estimate of drug-likeness (QED) is 0.861. The van der Waals surface area contributed by atoms with E-state index in [1.165, 1.54) is 0 Å². The average Bonchev–Trinajstić information content (AvgIpc) is 2.85. The molecule has 0 atom stereocenters. The minimum absolute atomic E-state index is 0.0200. The molecule has 0 radical (unpaired) electrons. The van der Waals surface area contributed by atoms with Gasteiger partial charge in [-0.3, -0.25) is 9.59 Å². The van der Waals surface area contributed by atoms with E-state index >= 15 is 0 Å². The molecular weight excluding hydrogens is 316 g/mol. The molecule has 2 aromatic rings. The molecule has 0 bridgehead atoms. The van der Waals surface area contributed by atoms with Gasteiger partial charge in [-0.25, -0.2) is 0 Å². The number of amides is 2. The van der Waals surface area contributed by atoms with E-state index in [2.05, 4.69) is 0 Å².